The molecule has 0 saturated carbocycles. The summed E-state index contributed by atoms with van der Waals surface area (Å²) in [6.45, 7) is 0. The lowest BCUT2D eigenvalue weighted by molar-refractivity contribution is 0.0936. The fraction of sp³-hybridized carbons (Fsp3) is 0.278. The van der Waals surface area contributed by atoms with Gasteiger partial charge in [-0.15, -0.1) is 0 Å². The average molecular weight is 348 g/mol. The summed E-state index contributed by atoms with van der Waals surface area (Å²) in [6, 6.07) is 13.2. The number of carbonyl (C=O) groups is 1. The molecule has 1 aliphatic rings. The van der Waals surface area contributed by atoms with Gasteiger partial charge in [0.25, 0.3) is 5.91 Å². The Morgan fingerprint density at radius 1 is 1.30 bits per heavy atom. The van der Waals surface area contributed by atoms with Gasteiger partial charge in [-0.05, 0) is 53.8 Å². The highest BCUT2D eigenvalue weighted by molar-refractivity contribution is 7.83. The molecule has 0 aromatic heterocycles. The molecule has 5 heteroatoms. The molecule has 0 radical (unpaired) electrons. The van der Waals surface area contributed by atoms with Crippen LogP contribution in [0.3, 0.4) is 0 Å². The lowest BCUT2D eigenvalue weighted by atomic mass is 10.1. The molecule has 0 spiro atoms. The highest BCUT2D eigenvalue weighted by Crippen LogP contribution is 2.33. The van der Waals surface area contributed by atoms with E-state index in [-0.39, 0.29) is 11.9 Å². The summed E-state index contributed by atoms with van der Waals surface area (Å²) in [6.07, 6.45) is 3.48. The van der Waals surface area contributed by atoms with Gasteiger partial charge in [0.15, 0.2) is 0 Å². The normalized spacial score (nSPS) is 17.6. The SMILES string of the molecule is C[S@@](=O)Cc1cccc(C(=O)N[C@H]2CCc3cc(Cl)ccc32)c1. The van der Waals surface area contributed by atoms with Gasteiger partial charge in [-0.1, -0.05) is 29.8 Å². The predicted molar refractivity (Wildman–Crippen MR) is 94.2 cm³/mol. The van der Waals surface area contributed by atoms with Crippen molar-refractivity contribution in [2.45, 2.75) is 24.6 Å². The first kappa shape index (κ1) is 16.2. The molecule has 0 unspecified atom stereocenters. The Hall–Kier alpha value is -1.65. The quantitative estimate of drug-likeness (QED) is 0.917. The first-order chi connectivity index (χ1) is 11.0. The van der Waals surface area contributed by atoms with Gasteiger partial charge in [0.2, 0.25) is 0 Å². The van der Waals surface area contributed by atoms with Crippen LogP contribution in [0.25, 0.3) is 0 Å². The summed E-state index contributed by atoms with van der Waals surface area (Å²) in [5, 5.41) is 3.83. The van der Waals surface area contributed by atoms with Crippen molar-refractivity contribution in [2.24, 2.45) is 0 Å². The fourth-order valence-corrected chi connectivity index (χ4v) is 3.86. The van der Waals surface area contributed by atoms with Gasteiger partial charge in [0.1, 0.15) is 0 Å². The molecule has 0 fully saturated rings. The zero-order chi connectivity index (χ0) is 16.4. The van der Waals surface area contributed by atoms with Crippen molar-refractivity contribution in [1.82, 2.24) is 5.32 Å². The smallest absolute Gasteiger partial charge is 0.251 e. The van der Waals surface area contributed by atoms with Gasteiger partial charge in [0, 0.05) is 33.4 Å². The molecule has 1 N–H and O–H groups in total. The first-order valence-corrected chi connectivity index (χ1v) is 9.61. The van der Waals surface area contributed by atoms with Crippen LogP contribution in [-0.2, 0) is 23.0 Å². The summed E-state index contributed by atoms with van der Waals surface area (Å²) in [5.74, 6) is 0.368. The number of halogens is 1. The molecular formula is C18H18ClNO2S. The molecule has 3 rings (SSSR count). The average Bonchev–Trinajstić information content (AvgIpc) is 2.89. The fourth-order valence-electron chi connectivity index (χ4n) is 3.01. The van der Waals surface area contributed by atoms with E-state index in [1.807, 2.05) is 36.4 Å². The van der Waals surface area contributed by atoms with Crippen LogP contribution in [0.1, 0.15) is 39.5 Å². The maximum Gasteiger partial charge on any atom is 0.251 e. The zero-order valence-electron chi connectivity index (χ0n) is 12.8. The Bertz CT molecular complexity index is 775. The topological polar surface area (TPSA) is 46.2 Å². The summed E-state index contributed by atoms with van der Waals surface area (Å²) in [5.41, 5.74) is 3.87. The molecule has 1 amide bonds. The van der Waals surface area contributed by atoms with E-state index in [0.717, 1.165) is 29.0 Å². The molecular weight excluding hydrogens is 330 g/mol. The van der Waals surface area contributed by atoms with Gasteiger partial charge in [-0.2, -0.15) is 0 Å². The van der Waals surface area contributed by atoms with Crippen LogP contribution in [0.15, 0.2) is 42.5 Å². The van der Waals surface area contributed by atoms with Crippen LogP contribution in [0.5, 0.6) is 0 Å². The van der Waals surface area contributed by atoms with E-state index >= 15 is 0 Å². The summed E-state index contributed by atoms with van der Waals surface area (Å²) in [4.78, 5) is 12.5. The van der Waals surface area contributed by atoms with Crippen molar-refractivity contribution < 1.29 is 9.00 Å². The monoisotopic (exact) mass is 347 g/mol. The summed E-state index contributed by atoms with van der Waals surface area (Å²) in [7, 11) is -0.918. The Morgan fingerprint density at radius 2 is 2.13 bits per heavy atom. The number of amides is 1. The molecule has 1 aliphatic carbocycles. The van der Waals surface area contributed by atoms with Crippen molar-refractivity contribution in [3.8, 4) is 0 Å². The molecule has 0 heterocycles. The standard InChI is InChI=1S/C18H18ClNO2S/c1-23(22)11-12-3-2-4-14(9-12)18(21)20-17-8-5-13-10-15(19)6-7-16(13)17/h2-4,6-7,9-10,17H,5,8,11H2,1H3,(H,20,21)/t17-,23+/m0/s1. The molecule has 2 atom stereocenters. The minimum absolute atomic E-state index is 0.0266. The Kier molecular flexibility index (Phi) is 4.83. The number of carbonyl (C=O) groups excluding carboxylic acids is 1. The summed E-state index contributed by atoms with van der Waals surface area (Å²) >= 11 is 6.02. The number of rotatable bonds is 4. The van der Waals surface area contributed by atoms with Crippen LogP contribution >= 0.6 is 11.6 Å². The first-order valence-electron chi connectivity index (χ1n) is 7.51. The maximum absolute atomic E-state index is 12.5. The number of hydrogen-bond acceptors (Lipinski definition) is 2. The number of benzene rings is 2. The number of aryl methyl sites for hydroxylation is 1. The molecule has 23 heavy (non-hydrogen) atoms. The molecule has 120 valence electrons. The van der Waals surface area contributed by atoms with Gasteiger partial charge < -0.3 is 5.32 Å². The van der Waals surface area contributed by atoms with Crippen LogP contribution in [-0.4, -0.2) is 16.4 Å². The van der Waals surface area contributed by atoms with Crippen molar-refractivity contribution in [1.29, 1.82) is 0 Å². The zero-order valence-corrected chi connectivity index (χ0v) is 14.4. The Morgan fingerprint density at radius 3 is 2.91 bits per heavy atom. The van der Waals surface area contributed by atoms with E-state index in [9.17, 15) is 9.00 Å². The Labute approximate surface area is 143 Å². The van der Waals surface area contributed by atoms with E-state index < -0.39 is 10.8 Å². The second kappa shape index (κ2) is 6.85. The minimum Gasteiger partial charge on any atom is -0.345 e. The molecule has 2 aromatic carbocycles. The van der Waals surface area contributed by atoms with Gasteiger partial charge in [-0.25, -0.2) is 0 Å². The van der Waals surface area contributed by atoms with Crippen LogP contribution < -0.4 is 5.32 Å². The molecule has 0 saturated heterocycles. The van der Waals surface area contributed by atoms with E-state index in [0.29, 0.717) is 11.3 Å². The Balaban J connectivity index is 1.75. The van der Waals surface area contributed by atoms with E-state index in [1.165, 1.54) is 5.56 Å². The highest BCUT2D eigenvalue weighted by Gasteiger charge is 2.24. The van der Waals surface area contributed by atoms with Crippen LogP contribution in [0.4, 0.5) is 0 Å². The van der Waals surface area contributed by atoms with E-state index in [4.69, 9.17) is 11.6 Å². The summed E-state index contributed by atoms with van der Waals surface area (Å²) < 4.78 is 11.3. The molecule has 0 bridgehead atoms. The maximum atomic E-state index is 12.5. The lowest BCUT2D eigenvalue weighted by Crippen LogP contribution is -2.27. The molecule has 2 aromatic rings. The van der Waals surface area contributed by atoms with Gasteiger partial charge in [-0.3, -0.25) is 9.00 Å². The highest BCUT2D eigenvalue weighted by atomic mass is 35.5. The molecule has 3 nitrogen and oxygen atoms in total. The van der Waals surface area contributed by atoms with Crippen molar-refractivity contribution in [3.05, 3.63) is 69.7 Å². The van der Waals surface area contributed by atoms with Gasteiger partial charge in [0.05, 0.1) is 6.04 Å². The third kappa shape index (κ3) is 3.82. The minimum atomic E-state index is -0.918. The lowest BCUT2D eigenvalue weighted by Gasteiger charge is -2.14. The third-order valence-corrected chi connectivity index (χ3v) is 5.02. The van der Waals surface area contributed by atoms with E-state index in [2.05, 4.69) is 5.32 Å². The second-order valence-corrected chi connectivity index (χ2v) is 7.70. The largest absolute Gasteiger partial charge is 0.345 e. The number of nitrogens with one attached hydrogen (secondary N) is 1. The second-order valence-electron chi connectivity index (χ2n) is 5.83. The van der Waals surface area contributed by atoms with Crippen LogP contribution in [0, 0.1) is 0 Å². The van der Waals surface area contributed by atoms with Crippen molar-refractivity contribution in [3.63, 3.8) is 0 Å². The van der Waals surface area contributed by atoms with Crippen molar-refractivity contribution in [2.75, 3.05) is 6.26 Å². The van der Waals surface area contributed by atoms with Crippen LogP contribution in [0.2, 0.25) is 5.02 Å². The van der Waals surface area contributed by atoms with E-state index in [1.54, 1.807) is 12.3 Å². The predicted octanol–water partition coefficient (Wildman–Crippen LogP) is 3.64. The number of hydrogen-bond donors (Lipinski definition) is 1. The number of fused-ring (bicyclic) bond motifs is 1. The molecule has 0 aliphatic heterocycles. The third-order valence-electron chi connectivity index (χ3n) is 4.05. The van der Waals surface area contributed by atoms with Gasteiger partial charge >= 0.3 is 0 Å². The van der Waals surface area contributed by atoms with Crippen molar-refractivity contribution >= 4 is 28.3 Å².